The van der Waals surface area contributed by atoms with Crippen molar-refractivity contribution >= 4 is 17.7 Å². The number of nitrogens with one attached hydrogen (secondary N) is 1. The predicted octanol–water partition coefficient (Wildman–Crippen LogP) is 1.84. The van der Waals surface area contributed by atoms with Crippen molar-refractivity contribution in [3.8, 4) is 0 Å². The second-order valence-corrected chi connectivity index (χ2v) is 7.54. The molecule has 3 unspecified atom stereocenters. The molecular weight excluding hydrogens is 304 g/mol. The fraction of sp³-hybridized carbons (Fsp3) is 0.421. The highest BCUT2D eigenvalue weighted by Gasteiger charge is 2.73. The summed E-state index contributed by atoms with van der Waals surface area (Å²) in [5.41, 5.74) is 4.19. The van der Waals surface area contributed by atoms with Crippen molar-refractivity contribution in [3.05, 3.63) is 47.5 Å². The van der Waals surface area contributed by atoms with Crippen LogP contribution >= 0.6 is 0 Å². The van der Waals surface area contributed by atoms with E-state index in [-0.39, 0.29) is 40.9 Å². The van der Waals surface area contributed by atoms with E-state index in [1.165, 1.54) is 0 Å². The van der Waals surface area contributed by atoms with Gasteiger partial charge in [0.2, 0.25) is 0 Å². The molecule has 5 heteroatoms. The normalized spacial score (nSPS) is 34.1. The third kappa shape index (κ3) is 1.57. The SMILES string of the molecule is Cc1ccc(C(=O)NN2C(=O)C3C4C=CC([C@@H]3C2=O)C42CC2)cc1. The Hall–Kier alpha value is -2.43. The second kappa shape index (κ2) is 4.35. The maximum Gasteiger partial charge on any atom is 0.270 e. The van der Waals surface area contributed by atoms with Gasteiger partial charge in [-0.15, -0.1) is 0 Å². The smallest absolute Gasteiger partial charge is 0.270 e. The van der Waals surface area contributed by atoms with E-state index in [4.69, 9.17) is 0 Å². The zero-order valence-electron chi connectivity index (χ0n) is 13.4. The number of allylic oxidation sites excluding steroid dienone is 2. The Labute approximate surface area is 139 Å². The van der Waals surface area contributed by atoms with E-state index in [0.29, 0.717) is 5.56 Å². The van der Waals surface area contributed by atoms with Crippen molar-refractivity contribution < 1.29 is 14.4 Å². The van der Waals surface area contributed by atoms with Crippen molar-refractivity contribution in [2.75, 3.05) is 0 Å². The van der Waals surface area contributed by atoms with Gasteiger partial charge >= 0.3 is 0 Å². The average Bonchev–Trinajstić information content (AvgIpc) is 3.18. The predicted molar refractivity (Wildman–Crippen MR) is 85.3 cm³/mol. The van der Waals surface area contributed by atoms with Crippen LogP contribution in [0.3, 0.4) is 0 Å². The Bertz CT molecular complexity index is 772. The third-order valence-electron chi connectivity index (χ3n) is 6.38. The fourth-order valence-electron chi connectivity index (χ4n) is 5.06. The first-order valence-corrected chi connectivity index (χ1v) is 8.47. The zero-order chi connectivity index (χ0) is 16.6. The summed E-state index contributed by atoms with van der Waals surface area (Å²) in [4.78, 5) is 37.9. The molecule has 122 valence electrons. The molecule has 3 amide bonds. The fourth-order valence-corrected chi connectivity index (χ4v) is 5.06. The number of hydrogen-bond donors (Lipinski definition) is 1. The second-order valence-electron chi connectivity index (χ2n) is 7.54. The minimum absolute atomic E-state index is 0.172. The summed E-state index contributed by atoms with van der Waals surface area (Å²) in [6.45, 7) is 1.94. The number of nitrogens with zero attached hydrogens (tertiary/aromatic N) is 1. The highest BCUT2D eigenvalue weighted by molar-refractivity contribution is 6.09. The Balaban J connectivity index is 1.39. The first-order valence-electron chi connectivity index (χ1n) is 8.47. The number of aryl methyl sites for hydroxylation is 1. The molecule has 2 bridgehead atoms. The molecule has 3 fully saturated rings. The molecule has 0 radical (unpaired) electrons. The molecule has 3 aliphatic carbocycles. The number of amides is 3. The minimum Gasteiger partial charge on any atom is -0.272 e. The van der Waals surface area contributed by atoms with Crippen molar-refractivity contribution in [2.24, 2.45) is 29.1 Å². The molecule has 1 saturated heterocycles. The van der Waals surface area contributed by atoms with Crippen molar-refractivity contribution in [3.63, 3.8) is 0 Å². The largest absolute Gasteiger partial charge is 0.272 e. The molecule has 5 rings (SSSR count). The first-order chi connectivity index (χ1) is 11.5. The van der Waals surface area contributed by atoms with Gasteiger partial charge in [0.1, 0.15) is 0 Å². The van der Waals surface area contributed by atoms with E-state index in [1.807, 2.05) is 19.1 Å². The van der Waals surface area contributed by atoms with Gasteiger partial charge < -0.3 is 0 Å². The summed E-state index contributed by atoms with van der Waals surface area (Å²) in [7, 11) is 0. The topological polar surface area (TPSA) is 66.5 Å². The number of imide groups is 1. The van der Waals surface area contributed by atoms with Gasteiger partial charge in [-0.25, -0.2) is 0 Å². The molecule has 2 saturated carbocycles. The van der Waals surface area contributed by atoms with Crippen LogP contribution in [0.25, 0.3) is 0 Å². The molecule has 1 spiro atoms. The molecule has 1 aromatic carbocycles. The van der Waals surface area contributed by atoms with Crippen LogP contribution in [0.15, 0.2) is 36.4 Å². The van der Waals surface area contributed by atoms with Gasteiger partial charge in [-0.05, 0) is 49.1 Å². The van der Waals surface area contributed by atoms with Crippen LogP contribution < -0.4 is 5.43 Å². The lowest BCUT2D eigenvalue weighted by atomic mass is 9.85. The quantitative estimate of drug-likeness (QED) is 0.667. The molecule has 1 aliphatic heterocycles. The molecule has 1 heterocycles. The monoisotopic (exact) mass is 322 g/mol. The summed E-state index contributed by atoms with van der Waals surface area (Å²) in [6.07, 6.45) is 6.46. The maximum absolute atomic E-state index is 12.8. The Morgan fingerprint density at radius 2 is 1.58 bits per heavy atom. The third-order valence-corrected chi connectivity index (χ3v) is 6.38. The standard InChI is InChI=1S/C19H18N2O3/c1-10-2-4-11(5-3-10)16(22)20-21-17(23)14-12-6-7-13(15(14)18(21)24)19(12)8-9-19/h2-7,12-15H,8-9H2,1H3,(H,20,22)/t12?,13?,14-,15?/m0/s1. The Morgan fingerprint density at radius 1 is 1.04 bits per heavy atom. The zero-order valence-corrected chi connectivity index (χ0v) is 13.4. The van der Waals surface area contributed by atoms with E-state index in [1.54, 1.807) is 12.1 Å². The van der Waals surface area contributed by atoms with Crippen molar-refractivity contribution in [2.45, 2.75) is 19.8 Å². The number of benzene rings is 1. The first kappa shape index (κ1) is 14.0. The van der Waals surface area contributed by atoms with Crippen LogP contribution in [0.5, 0.6) is 0 Å². The van der Waals surface area contributed by atoms with Crippen LogP contribution in [0.2, 0.25) is 0 Å². The van der Waals surface area contributed by atoms with Crippen molar-refractivity contribution in [1.29, 1.82) is 0 Å². The molecule has 1 N–H and O–H groups in total. The lowest BCUT2D eigenvalue weighted by molar-refractivity contribution is -0.144. The van der Waals surface area contributed by atoms with Crippen LogP contribution in [0, 0.1) is 36.0 Å². The number of hydrazine groups is 1. The summed E-state index contributed by atoms with van der Waals surface area (Å²) < 4.78 is 0. The van der Waals surface area contributed by atoms with E-state index < -0.39 is 5.91 Å². The van der Waals surface area contributed by atoms with Gasteiger partial charge in [0.05, 0.1) is 11.8 Å². The summed E-state index contributed by atoms with van der Waals surface area (Å²) in [5, 5.41) is 0.972. The number of rotatable bonds is 2. The summed E-state index contributed by atoms with van der Waals surface area (Å²) in [6, 6.07) is 7.05. The average molecular weight is 322 g/mol. The van der Waals surface area contributed by atoms with Gasteiger partial charge in [0, 0.05) is 5.56 Å². The van der Waals surface area contributed by atoms with Crippen LogP contribution in [0.1, 0.15) is 28.8 Å². The lowest BCUT2D eigenvalue weighted by Crippen LogP contribution is -2.47. The van der Waals surface area contributed by atoms with Gasteiger partial charge in [-0.3, -0.25) is 19.8 Å². The summed E-state index contributed by atoms with van der Waals surface area (Å²) >= 11 is 0. The van der Waals surface area contributed by atoms with Crippen LogP contribution in [0.4, 0.5) is 0 Å². The van der Waals surface area contributed by atoms with Gasteiger partial charge in [-0.2, -0.15) is 5.01 Å². The van der Waals surface area contributed by atoms with Gasteiger partial charge in [0.15, 0.2) is 0 Å². The van der Waals surface area contributed by atoms with E-state index in [9.17, 15) is 14.4 Å². The lowest BCUT2D eigenvalue weighted by Gasteiger charge is -2.22. The van der Waals surface area contributed by atoms with Gasteiger partial charge in [-0.1, -0.05) is 29.8 Å². The van der Waals surface area contributed by atoms with Crippen molar-refractivity contribution in [1.82, 2.24) is 10.4 Å². The van der Waals surface area contributed by atoms with E-state index in [2.05, 4.69) is 17.6 Å². The molecule has 4 aliphatic rings. The molecule has 5 nitrogen and oxygen atoms in total. The van der Waals surface area contributed by atoms with Gasteiger partial charge in [0.25, 0.3) is 17.7 Å². The number of fused-ring (bicyclic) bond motifs is 3. The van der Waals surface area contributed by atoms with E-state index in [0.717, 1.165) is 23.4 Å². The Morgan fingerprint density at radius 3 is 2.08 bits per heavy atom. The number of carbonyl (C=O) groups excluding carboxylic acids is 3. The molecule has 4 atom stereocenters. The highest BCUT2D eigenvalue weighted by atomic mass is 16.2. The van der Waals surface area contributed by atoms with E-state index >= 15 is 0 Å². The van der Waals surface area contributed by atoms with Crippen LogP contribution in [-0.4, -0.2) is 22.7 Å². The minimum atomic E-state index is -0.418. The highest BCUT2D eigenvalue weighted by Crippen LogP contribution is 2.73. The number of carbonyl (C=O) groups is 3. The van der Waals surface area contributed by atoms with Crippen LogP contribution in [-0.2, 0) is 9.59 Å². The Kier molecular flexibility index (Phi) is 2.53. The number of hydrogen-bond acceptors (Lipinski definition) is 3. The molecular formula is C19H18N2O3. The summed E-state index contributed by atoms with van der Waals surface area (Å²) in [5.74, 6) is -1.13. The molecule has 0 aromatic heterocycles. The maximum atomic E-state index is 12.8. The molecule has 24 heavy (non-hydrogen) atoms. The molecule has 1 aromatic rings.